The van der Waals surface area contributed by atoms with Crippen LogP contribution in [0.1, 0.15) is 18.4 Å². The molecule has 3 rings (SSSR count). The van der Waals surface area contributed by atoms with Gasteiger partial charge in [-0.1, -0.05) is 30.3 Å². The maximum atomic E-state index is 6.23. The predicted molar refractivity (Wildman–Crippen MR) is 91.6 cm³/mol. The van der Waals surface area contributed by atoms with E-state index >= 15 is 0 Å². The Kier molecular flexibility index (Phi) is 5.22. The van der Waals surface area contributed by atoms with Crippen molar-refractivity contribution in [2.75, 3.05) is 44.2 Å². The van der Waals surface area contributed by atoms with E-state index < -0.39 is 0 Å². The van der Waals surface area contributed by atoms with Gasteiger partial charge in [-0.25, -0.2) is 0 Å². The van der Waals surface area contributed by atoms with Crippen LogP contribution in [0, 0.1) is 0 Å². The van der Waals surface area contributed by atoms with E-state index in [1.807, 2.05) is 0 Å². The summed E-state index contributed by atoms with van der Waals surface area (Å²) < 4.78 is 0. The first-order valence-corrected chi connectivity index (χ1v) is 9.27. The van der Waals surface area contributed by atoms with Crippen LogP contribution in [0.5, 0.6) is 0 Å². The van der Waals surface area contributed by atoms with Gasteiger partial charge >= 0.3 is 0 Å². The van der Waals surface area contributed by atoms with Crippen LogP contribution in [0.2, 0.25) is 0 Å². The number of rotatable bonds is 4. The van der Waals surface area contributed by atoms with E-state index in [4.69, 9.17) is 5.73 Å². The highest BCUT2D eigenvalue weighted by Gasteiger charge is 2.41. The molecule has 21 heavy (non-hydrogen) atoms. The van der Waals surface area contributed by atoms with Crippen LogP contribution in [-0.2, 0) is 6.54 Å². The van der Waals surface area contributed by atoms with E-state index in [1.54, 1.807) is 0 Å². The van der Waals surface area contributed by atoms with Crippen LogP contribution in [0.4, 0.5) is 0 Å². The smallest absolute Gasteiger partial charge is 0.0470 e. The average Bonchev–Trinajstić information content (AvgIpc) is 2.75. The van der Waals surface area contributed by atoms with E-state index in [1.165, 1.54) is 49.5 Å². The molecule has 3 nitrogen and oxygen atoms in total. The highest BCUT2D eigenvalue weighted by atomic mass is 32.2. The predicted octanol–water partition coefficient (Wildman–Crippen LogP) is 2.03. The van der Waals surface area contributed by atoms with Crippen molar-refractivity contribution >= 4 is 11.8 Å². The van der Waals surface area contributed by atoms with E-state index in [-0.39, 0.29) is 5.54 Å². The molecule has 1 atom stereocenters. The molecule has 2 fully saturated rings. The number of nitrogens with two attached hydrogens (primary N) is 1. The van der Waals surface area contributed by atoms with Gasteiger partial charge in [0.2, 0.25) is 0 Å². The van der Waals surface area contributed by atoms with Crippen LogP contribution in [0.25, 0.3) is 0 Å². The fourth-order valence-electron chi connectivity index (χ4n) is 3.69. The molecule has 2 saturated heterocycles. The maximum absolute atomic E-state index is 6.23. The fourth-order valence-corrected chi connectivity index (χ4v) is 4.58. The molecule has 2 N–H and O–H groups in total. The van der Waals surface area contributed by atoms with E-state index in [0.29, 0.717) is 0 Å². The van der Waals surface area contributed by atoms with Gasteiger partial charge in [-0.15, -0.1) is 0 Å². The lowest BCUT2D eigenvalue weighted by molar-refractivity contribution is 0.107. The number of hydrogen-bond donors (Lipinski definition) is 1. The Morgan fingerprint density at radius 3 is 2.76 bits per heavy atom. The Bertz CT molecular complexity index is 431. The number of nitrogens with zero attached hydrogens (tertiary/aromatic N) is 2. The van der Waals surface area contributed by atoms with Crippen LogP contribution in [-0.4, -0.2) is 59.6 Å². The molecule has 0 spiro atoms. The van der Waals surface area contributed by atoms with Crippen molar-refractivity contribution in [2.24, 2.45) is 5.73 Å². The third-order valence-corrected chi connectivity index (χ3v) is 5.98. The minimum atomic E-state index is 0.222. The summed E-state index contributed by atoms with van der Waals surface area (Å²) in [6.45, 7) is 6.59. The first kappa shape index (κ1) is 15.3. The summed E-state index contributed by atoms with van der Waals surface area (Å²) in [7, 11) is 0. The summed E-state index contributed by atoms with van der Waals surface area (Å²) in [6.07, 6.45) is 2.53. The summed E-state index contributed by atoms with van der Waals surface area (Å²) in [5, 5.41) is 0. The Labute approximate surface area is 132 Å². The standard InChI is InChI=1S/C17H27N3S/c18-14-17(20-8-4-11-21-12-10-20)7-9-19(15-17)13-16-5-2-1-3-6-16/h1-3,5-6H,4,7-15,18H2. The number of benzene rings is 1. The highest BCUT2D eigenvalue weighted by Crippen LogP contribution is 2.30. The van der Waals surface area contributed by atoms with Gasteiger partial charge < -0.3 is 5.73 Å². The molecule has 0 bridgehead atoms. The average molecular weight is 305 g/mol. The second-order valence-corrected chi connectivity index (χ2v) is 7.55. The molecule has 0 aromatic heterocycles. The van der Waals surface area contributed by atoms with Crippen molar-refractivity contribution in [3.05, 3.63) is 35.9 Å². The molecule has 0 aliphatic carbocycles. The third kappa shape index (κ3) is 3.62. The quantitative estimate of drug-likeness (QED) is 0.922. The Morgan fingerprint density at radius 1 is 1.10 bits per heavy atom. The fraction of sp³-hybridized carbons (Fsp3) is 0.647. The Hall–Kier alpha value is -0.550. The molecule has 2 heterocycles. The van der Waals surface area contributed by atoms with E-state index in [2.05, 4.69) is 51.9 Å². The number of hydrogen-bond acceptors (Lipinski definition) is 4. The minimum Gasteiger partial charge on any atom is -0.329 e. The second kappa shape index (κ2) is 7.14. The zero-order valence-corrected chi connectivity index (χ0v) is 13.7. The maximum Gasteiger partial charge on any atom is 0.0470 e. The zero-order valence-electron chi connectivity index (χ0n) is 12.8. The molecule has 0 amide bonds. The zero-order chi connectivity index (χ0) is 14.5. The molecule has 2 aliphatic heterocycles. The molecule has 1 aromatic rings. The van der Waals surface area contributed by atoms with Gasteiger partial charge in [0, 0.05) is 44.0 Å². The van der Waals surface area contributed by atoms with Crippen molar-refractivity contribution in [2.45, 2.75) is 24.9 Å². The van der Waals surface area contributed by atoms with Crippen molar-refractivity contribution in [1.29, 1.82) is 0 Å². The van der Waals surface area contributed by atoms with Gasteiger partial charge in [-0.2, -0.15) is 11.8 Å². The lowest BCUT2D eigenvalue weighted by Crippen LogP contribution is -2.56. The first-order chi connectivity index (χ1) is 10.3. The normalized spacial score (nSPS) is 28.6. The van der Waals surface area contributed by atoms with Crippen LogP contribution in [0.15, 0.2) is 30.3 Å². The summed E-state index contributed by atoms with van der Waals surface area (Å²) in [5.41, 5.74) is 7.87. The molecule has 0 saturated carbocycles. The number of likely N-dealkylation sites (tertiary alicyclic amines) is 1. The van der Waals surface area contributed by atoms with Crippen molar-refractivity contribution < 1.29 is 0 Å². The third-order valence-electron chi connectivity index (χ3n) is 4.93. The molecular weight excluding hydrogens is 278 g/mol. The van der Waals surface area contributed by atoms with Crippen molar-refractivity contribution in [3.8, 4) is 0 Å². The Morgan fingerprint density at radius 2 is 1.95 bits per heavy atom. The number of thioether (sulfide) groups is 1. The minimum absolute atomic E-state index is 0.222. The largest absolute Gasteiger partial charge is 0.329 e. The second-order valence-electron chi connectivity index (χ2n) is 6.33. The van der Waals surface area contributed by atoms with Gasteiger partial charge in [0.15, 0.2) is 0 Å². The van der Waals surface area contributed by atoms with Crippen LogP contribution >= 0.6 is 11.8 Å². The summed E-state index contributed by atoms with van der Waals surface area (Å²) in [6, 6.07) is 10.8. The summed E-state index contributed by atoms with van der Waals surface area (Å²) >= 11 is 2.09. The molecular formula is C17H27N3S. The highest BCUT2D eigenvalue weighted by molar-refractivity contribution is 7.99. The molecule has 1 aromatic carbocycles. The van der Waals surface area contributed by atoms with Gasteiger partial charge in [0.1, 0.15) is 0 Å². The van der Waals surface area contributed by atoms with E-state index in [0.717, 1.165) is 19.6 Å². The SMILES string of the molecule is NCC1(N2CCCSCC2)CCN(Cc2ccccc2)C1. The Balaban J connectivity index is 1.64. The molecule has 4 heteroatoms. The molecule has 116 valence electrons. The van der Waals surface area contributed by atoms with Crippen molar-refractivity contribution in [3.63, 3.8) is 0 Å². The lowest BCUT2D eigenvalue weighted by atomic mass is 9.95. The molecule has 1 unspecified atom stereocenters. The summed E-state index contributed by atoms with van der Waals surface area (Å²) in [5.74, 6) is 2.57. The topological polar surface area (TPSA) is 32.5 Å². The van der Waals surface area contributed by atoms with Gasteiger partial charge in [0.25, 0.3) is 0 Å². The van der Waals surface area contributed by atoms with Crippen LogP contribution < -0.4 is 5.73 Å². The summed E-state index contributed by atoms with van der Waals surface area (Å²) in [4.78, 5) is 5.28. The lowest BCUT2D eigenvalue weighted by Gasteiger charge is -2.40. The van der Waals surface area contributed by atoms with E-state index in [9.17, 15) is 0 Å². The van der Waals surface area contributed by atoms with Gasteiger partial charge in [-0.05, 0) is 30.7 Å². The monoisotopic (exact) mass is 305 g/mol. The van der Waals surface area contributed by atoms with Gasteiger partial charge in [-0.3, -0.25) is 9.80 Å². The molecule has 0 radical (unpaired) electrons. The van der Waals surface area contributed by atoms with Crippen molar-refractivity contribution in [1.82, 2.24) is 9.80 Å². The van der Waals surface area contributed by atoms with Gasteiger partial charge in [0.05, 0.1) is 0 Å². The molecule has 2 aliphatic rings. The first-order valence-electron chi connectivity index (χ1n) is 8.12. The van der Waals surface area contributed by atoms with Crippen LogP contribution in [0.3, 0.4) is 0 Å².